The number of anilines is 1. The van der Waals surface area contributed by atoms with Crippen LogP contribution in [0.5, 0.6) is 0 Å². The third-order valence-corrected chi connectivity index (χ3v) is 3.86. The molecule has 1 fully saturated rings. The van der Waals surface area contributed by atoms with Crippen molar-refractivity contribution in [2.75, 3.05) is 11.9 Å². The molecule has 3 nitrogen and oxygen atoms in total. The minimum Gasteiger partial charge on any atom is -0.338 e. The summed E-state index contributed by atoms with van der Waals surface area (Å²) in [6, 6.07) is 6.21. The highest BCUT2D eigenvalue weighted by molar-refractivity contribution is 5.91. The van der Waals surface area contributed by atoms with Crippen molar-refractivity contribution in [3.05, 3.63) is 29.3 Å². The van der Waals surface area contributed by atoms with Crippen LogP contribution < -0.4 is 10.6 Å². The van der Waals surface area contributed by atoms with Crippen LogP contribution in [0.3, 0.4) is 0 Å². The maximum atomic E-state index is 12.1. The van der Waals surface area contributed by atoms with Crippen LogP contribution in [-0.2, 0) is 0 Å². The van der Waals surface area contributed by atoms with Crippen LogP contribution in [0, 0.1) is 5.92 Å². The lowest BCUT2D eigenvalue weighted by molar-refractivity contribution is 0.251. The number of hydrogen-bond donors (Lipinski definition) is 2. The first kappa shape index (κ1) is 14.9. The molecule has 0 spiro atoms. The Balaban J connectivity index is 2.15. The largest absolute Gasteiger partial charge is 0.338 e. The summed E-state index contributed by atoms with van der Waals surface area (Å²) < 4.78 is 0. The number of hydrogen-bond acceptors (Lipinski definition) is 1. The molecular weight excluding hydrogens is 248 g/mol. The molecule has 0 aliphatic heterocycles. The van der Waals surface area contributed by atoms with E-state index in [-0.39, 0.29) is 6.03 Å². The molecule has 0 aromatic heterocycles. The van der Waals surface area contributed by atoms with E-state index >= 15 is 0 Å². The van der Waals surface area contributed by atoms with Crippen LogP contribution in [0.25, 0.3) is 0 Å². The van der Waals surface area contributed by atoms with Gasteiger partial charge >= 0.3 is 6.03 Å². The Kier molecular flexibility index (Phi) is 4.69. The van der Waals surface area contributed by atoms with Gasteiger partial charge in [-0.15, -0.1) is 0 Å². The molecule has 20 heavy (non-hydrogen) atoms. The second-order valence-electron chi connectivity index (χ2n) is 6.40. The zero-order valence-corrected chi connectivity index (χ0v) is 13.0. The summed E-state index contributed by atoms with van der Waals surface area (Å²) in [6.07, 6.45) is 2.50. The summed E-state index contributed by atoms with van der Waals surface area (Å²) in [6.45, 7) is 9.44. The van der Waals surface area contributed by atoms with E-state index in [0.29, 0.717) is 17.8 Å². The number of para-hydroxylation sites is 1. The van der Waals surface area contributed by atoms with Crippen molar-refractivity contribution >= 4 is 11.7 Å². The number of amides is 2. The second kappa shape index (κ2) is 6.29. The molecule has 110 valence electrons. The van der Waals surface area contributed by atoms with Gasteiger partial charge in [0.15, 0.2) is 0 Å². The van der Waals surface area contributed by atoms with Crippen molar-refractivity contribution < 1.29 is 4.79 Å². The van der Waals surface area contributed by atoms with Gasteiger partial charge < -0.3 is 10.6 Å². The predicted octanol–water partition coefficient (Wildman–Crippen LogP) is 4.46. The predicted molar refractivity (Wildman–Crippen MR) is 84.4 cm³/mol. The summed E-state index contributed by atoms with van der Waals surface area (Å²) in [4.78, 5) is 12.1. The van der Waals surface area contributed by atoms with E-state index in [2.05, 4.69) is 56.5 Å². The van der Waals surface area contributed by atoms with Gasteiger partial charge in [0, 0.05) is 12.2 Å². The van der Waals surface area contributed by atoms with Crippen molar-refractivity contribution in [2.24, 2.45) is 5.92 Å². The average Bonchev–Trinajstić information content (AvgIpc) is 3.20. The molecule has 0 saturated heterocycles. The lowest BCUT2D eigenvalue weighted by Crippen LogP contribution is -2.31. The Morgan fingerprint density at radius 2 is 1.70 bits per heavy atom. The lowest BCUT2D eigenvalue weighted by atomic mass is 9.93. The minimum absolute atomic E-state index is 0.0769. The molecule has 1 aromatic rings. The number of rotatable bonds is 5. The van der Waals surface area contributed by atoms with Gasteiger partial charge in [-0.05, 0) is 41.7 Å². The standard InChI is InChI=1S/C17H26N2O/c1-11(2)14-6-5-7-15(12(3)4)16(14)19-17(20)18-10-13-8-9-13/h5-7,11-13H,8-10H2,1-4H3,(H2,18,19,20). The van der Waals surface area contributed by atoms with Crippen LogP contribution in [0.1, 0.15) is 63.5 Å². The average molecular weight is 274 g/mol. The zero-order chi connectivity index (χ0) is 14.7. The first-order valence-electron chi connectivity index (χ1n) is 7.66. The maximum absolute atomic E-state index is 12.1. The van der Waals surface area contributed by atoms with E-state index in [1.54, 1.807) is 0 Å². The summed E-state index contributed by atoms with van der Waals surface area (Å²) >= 11 is 0. The molecule has 0 heterocycles. The topological polar surface area (TPSA) is 41.1 Å². The molecule has 0 radical (unpaired) electrons. The molecule has 0 bridgehead atoms. The van der Waals surface area contributed by atoms with Gasteiger partial charge in [0.2, 0.25) is 0 Å². The van der Waals surface area contributed by atoms with E-state index in [4.69, 9.17) is 0 Å². The van der Waals surface area contributed by atoms with Crippen molar-refractivity contribution in [3.63, 3.8) is 0 Å². The third kappa shape index (κ3) is 3.75. The van der Waals surface area contributed by atoms with Crippen LogP contribution in [0.15, 0.2) is 18.2 Å². The van der Waals surface area contributed by atoms with Crippen LogP contribution in [0.4, 0.5) is 10.5 Å². The highest BCUT2D eigenvalue weighted by Crippen LogP contribution is 2.32. The number of carbonyl (C=O) groups is 1. The first-order valence-corrected chi connectivity index (χ1v) is 7.66. The summed E-state index contributed by atoms with van der Waals surface area (Å²) in [5, 5.41) is 6.05. The van der Waals surface area contributed by atoms with E-state index in [0.717, 1.165) is 12.2 Å². The molecule has 1 aliphatic rings. The Morgan fingerprint density at radius 3 is 2.15 bits per heavy atom. The molecule has 2 amide bonds. The van der Waals surface area contributed by atoms with E-state index < -0.39 is 0 Å². The smallest absolute Gasteiger partial charge is 0.319 e. The highest BCUT2D eigenvalue weighted by Gasteiger charge is 2.22. The number of urea groups is 1. The quantitative estimate of drug-likeness (QED) is 0.817. The highest BCUT2D eigenvalue weighted by atomic mass is 16.2. The summed E-state index contributed by atoms with van der Waals surface area (Å²) in [5.74, 6) is 1.49. The Bertz CT molecular complexity index is 450. The maximum Gasteiger partial charge on any atom is 0.319 e. The van der Waals surface area contributed by atoms with Crippen molar-refractivity contribution in [3.8, 4) is 0 Å². The fourth-order valence-corrected chi connectivity index (χ4v) is 2.41. The summed E-state index contributed by atoms with van der Waals surface area (Å²) in [5.41, 5.74) is 3.40. The molecule has 3 heteroatoms. The van der Waals surface area contributed by atoms with Gasteiger partial charge in [-0.1, -0.05) is 45.9 Å². The van der Waals surface area contributed by atoms with Crippen molar-refractivity contribution in [2.45, 2.75) is 52.4 Å². The van der Waals surface area contributed by atoms with Crippen molar-refractivity contribution in [1.82, 2.24) is 5.32 Å². The van der Waals surface area contributed by atoms with E-state index in [9.17, 15) is 4.79 Å². The molecule has 0 unspecified atom stereocenters. The molecule has 0 atom stereocenters. The Labute approximate surface area is 122 Å². The lowest BCUT2D eigenvalue weighted by Gasteiger charge is -2.20. The van der Waals surface area contributed by atoms with Gasteiger partial charge in [-0.2, -0.15) is 0 Å². The van der Waals surface area contributed by atoms with Gasteiger partial charge in [-0.3, -0.25) is 0 Å². The van der Waals surface area contributed by atoms with Crippen molar-refractivity contribution in [1.29, 1.82) is 0 Å². The van der Waals surface area contributed by atoms with Gasteiger partial charge in [0.05, 0.1) is 0 Å². The third-order valence-electron chi connectivity index (χ3n) is 3.86. The summed E-state index contributed by atoms with van der Waals surface area (Å²) in [7, 11) is 0. The number of benzene rings is 1. The normalized spacial score (nSPS) is 14.7. The van der Waals surface area contributed by atoms with Gasteiger partial charge in [0.1, 0.15) is 0 Å². The minimum atomic E-state index is -0.0769. The van der Waals surface area contributed by atoms with Crippen LogP contribution in [0.2, 0.25) is 0 Å². The van der Waals surface area contributed by atoms with Crippen LogP contribution >= 0.6 is 0 Å². The molecule has 1 saturated carbocycles. The Morgan fingerprint density at radius 1 is 1.15 bits per heavy atom. The Hall–Kier alpha value is -1.51. The molecular formula is C17H26N2O. The molecule has 1 aliphatic carbocycles. The number of carbonyl (C=O) groups excluding carboxylic acids is 1. The molecule has 1 aromatic carbocycles. The molecule has 2 N–H and O–H groups in total. The van der Waals surface area contributed by atoms with E-state index in [1.165, 1.54) is 24.0 Å². The monoisotopic (exact) mass is 274 g/mol. The SMILES string of the molecule is CC(C)c1cccc(C(C)C)c1NC(=O)NCC1CC1. The first-order chi connectivity index (χ1) is 9.49. The zero-order valence-electron chi connectivity index (χ0n) is 13.0. The fourth-order valence-electron chi connectivity index (χ4n) is 2.41. The fraction of sp³-hybridized carbons (Fsp3) is 0.588. The number of nitrogens with one attached hydrogen (secondary N) is 2. The van der Waals surface area contributed by atoms with E-state index in [1.807, 2.05) is 0 Å². The van der Waals surface area contributed by atoms with Gasteiger partial charge in [0.25, 0.3) is 0 Å². The molecule has 2 rings (SSSR count). The van der Waals surface area contributed by atoms with Gasteiger partial charge in [-0.25, -0.2) is 4.79 Å². The second-order valence-corrected chi connectivity index (χ2v) is 6.40. The van der Waals surface area contributed by atoms with Crippen LogP contribution in [-0.4, -0.2) is 12.6 Å².